The Labute approximate surface area is 147 Å². The molecule has 0 unspecified atom stereocenters. The summed E-state index contributed by atoms with van der Waals surface area (Å²) >= 11 is 0. The molecule has 1 aromatic carbocycles. The normalized spacial score (nSPS) is 18.2. The van der Waals surface area contributed by atoms with E-state index >= 15 is 0 Å². The predicted octanol–water partition coefficient (Wildman–Crippen LogP) is 1.15. The fourth-order valence-electron chi connectivity index (χ4n) is 2.99. The van der Waals surface area contributed by atoms with Gasteiger partial charge in [-0.05, 0) is 31.4 Å². The lowest BCUT2D eigenvalue weighted by molar-refractivity contribution is -0.124. The van der Waals surface area contributed by atoms with E-state index < -0.39 is 0 Å². The number of morpholine rings is 1. The van der Waals surface area contributed by atoms with Gasteiger partial charge in [0, 0.05) is 19.6 Å². The van der Waals surface area contributed by atoms with Gasteiger partial charge in [-0.25, -0.2) is 4.98 Å². The van der Waals surface area contributed by atoms with Crippen molar-refractivity contribution in [1.82, 2.24) is 25.4 Å². The van der Waals surface area contributed by atoms with Gasteiger partial charge < -0.3 is 10.1 Å². The van der Waals surface area contributed by atoms with Crippen LogP contribution in [0, 0.1) is 13.8 Å². The Morgan fingerprint density at radius 3 is 3.00 bits per heavy atom. The Morgan fingerprint density at radius 1 is 1.40 bits per heavy atom. The van der Waals surface area contributed by atoms with Crippen LogP contribution in [0.15, 0.2) is 24.3 Å². The van der Waals surface area contributed by atoms with E-state index in [0.717, 1.165) is 18.8 Å². The topological polar surface area (TPSA) is 83.1 Å². The highest BCUT2D eigenvalue weighted by atomic mass is 16.5. The van der Waals surface area contributed by atoms with Crippen LogP contribution in [0.1, 0.15) is 28.9 Å². The number of nitrogens with zero attached hydrogens (tertiary/aromatic N) is 3. The van der Waals surface area contributed by atoms with Crippen LogP contribution in [0.5, 0.6) is 0 Å². The minimum Gasteiger partial charge on any atom is -0.367 e. The third-order valence-corrected chi connectivity index (χ3v) is 4.40. The van der Waals surface area contributed by atoms with Gasteiger partial charge in [-0.3, -0.25) is 14.8 Å². The van der Waals surface area contributed by atoms with Gasteiger partial charge in [-0.2, -0.15) is 5.10 Å². The van der Waals surface area contributed by atoms with Crippen molar-refractivity contribution in [1.29, 1.82) is 0 Å². The maximum Gasteiger partial charge on any atom is 0.234 e. The molecule has 0 radical (unpaired) electrons. The molecule has 1 fully saturated rings. The van der Waals surface area contributed by atoms with E-state index in [0.29, 0.717) is 32.1 Å². The molecule has 7 nitrogen and oxygen atoms in total. The van der Waals surface area contributed by atoms with E-state index in [1.807, 2.05) is 19.1 Å². The summed E-state index contributed by atoms with van der Waals surface area (Å²) in [4.78, 5) is 18.6. The summed E-state index contributed by atoms with van der Waals surface area (Å²) in [7, 11) is 0. The number of hydrogen-bond donors (Lipinski definition) is 2. The van der Waals surface area contributed by atoms with Crippen molar-refractivity contribution in [2.45, 2.75) is 26.4 Å². The second-order valence-corrected chi connectivity index (χ2v) is 6.40. The summed E-state index contributed by atoms with van der Waals surface area (Å²) in [6, 6.07) is 8.26. The predicted molar refractivity (Wildman–Crippen MR) is 94.1 cm³/mol. The first kappa shape index (κ1) is 17.6. The molecule has 7 heteroatoms. The number of benzene rings is 1. The van der Waals surface area contributed by atoms with Crippen LogP contribution in [-0.2, 0) is 16.0 Å². The largest absolute Gasteiger partial charge is 0.367 e. The second kappa shape index (κ2) is 8.22. The first-order chi connectivity index (χ1) is 12.1. The van der Waals surface area contributed by atoms with Crippen LogP contribution in [0.25, 0.3) is 0 Å². The van der Waals surface area contributed by atoms with Gasteiger partial charge in [0.2, 0.25) is 5.91 Å². The molecule has 1 atom stereocenters. The molecule has 0 spiro atoms. The number of ether oxygens (including phenoxy) is 1. The fraction of sp³-hybridized carbons (Fsp3) is 0.500. The van der Waals surface area contributed by atoms with Crippen molar-refractivity contribution in [3.63, 3.8) is 0 Å². The average molecular weight is 343 g/mol. The van der Waals surface area contributed by atoms with Crippen LogP contribution >= 0.6 is 0 Å². The maximum absolute atomic E-state index is 12.2. The molecule has 1 amide bonds. The molecule has 2 N–H and O–H groups in total. The van der Waals surface area contributed by atoms with Gasteiger partial charge in [0.1, 0.15) is 11.9 Å². The molecular formula is C18H25N5O2. The Bertz CT molecular complexity index is 715. The Balaban J connectivity index is 1.43. The minimum absolute atomic E-state index is 0.0420. The number of nitrogens with one attached hydrogen (secondary N) is 2. The zero-order valence-corrected chi connectivity index (χ0v) is 14.8. The number of H-pyrrole nitrogens is 1. The molecule has 3 rings (SSSR count). The Hall–Kier alpha value is -2.25. The second-order valence-electron chi connectivity index (χ2n) is 6.40. The summed E-state index contributed by atoms with van der Waals surface area (Å²) in [6.45, 7) is 6.92. The molecule has 0 saturated carbocycles. The average Bonchev–Trinajstić information content (AvgIpc) is 3.03. The molecule has 134 valence electrons. The van der Waals surface area contributed by atoms with Crippen molar-refractivity contribution in [2.75, 3.05) is 32.8 Å². The number of amides is 1. The first-order valence-electron chi connectivity index (χ1n) is 8.66. The highest BCUT2D eigenvalue weighted by Crippen LogP contribution is 2.18. The highest BCUT2D eigenvalue weighted by Gasteiger charge is 2.26. The van der Waals surface area contributed by atoms with E-state index in [4.69, 9.17) is 4.74 Å². The Kier molecular flexibility index (Phi) is 5.78. The lowest BCUT2D eigenvalue weighted by atomic mass is 10.1. The van der Waals surface area contributed by atoms with E-state index in [-0.39, 0.29) is 12.0 Å². The van der Waals surface area contributed by atoms with Crippen molar-refractivity contribution in [2.24, 2.45) is 0 Å². The number of carbonyl (C=O) groups is 1. The third kappa shape index (κ3) is 4.87. The summed E-state index contributed by atoms with van der Waals surface area (Å²) in [5.74, 6) is 1.47. The molecule has 1 aromatic heterocycles. The van der Waals surface area contributed by atoms with Crippen molar-refractivity contribution in [3.05, 3.63) is 47.0 Å². The summed E-state index contributed by atoms with van der Waals surface area (Å²) in [6.07, 6.45) is 0.666. The number of hydrogen-bond acceptors (Lipinski definition) is 5. The smallest absolute Gasteiger partial charge is 0.234 e. The van der Waals surface area contributed by atoms with Gasteiger partial charge in [0.15, 0.2) is 5.82 Å². The number of aromatic amines is 1. The standard InChI is InChI=1S/C18H25N5O2/c1-13-5-3-4-6-15(13)7-8-19-17(24)12-23-9-10-25-16(11-23)18-20-14(2)21-22-18/h3-6,16H,7-12H2,1-2H3,(H,19,24)(H,20,21,22)/t16-/m1/s1. The number of rotatable bonds is 6. The molecule has 25 heavy (non-hydrogen) atoms. The van der Waals surface area contributed by atoms with Crippen molar-refractivity contribution >= 4 is 5.91 Å². The quantitative estimate of drug-likeness (QED) is 0.822. The van der Waals surface area contributed by atoms with Gasteiger partial charge in [-0.1, -0.05) is 24.3 Å². The van der Waals surface area contributed by atoms with E-state index in [9.17, 15) is 4.79 Å². The first-order valence-corrected chi connectivity index (χ1v) is 8.66. The zero-order valence-electron chi connectivity index (χ0n) is 14.8. The van der Waals surface area contributed by atoms with Gasteiger partial charge in [0.05, 0.1) is 13.2 Å². The molecule has 2 aromatic rings. The highest BCUT2D eigenvalue weighted by molar-refractivity contribution is 5.78. The van der Waals surface area contributed by atoms with Crippen molar-refractivity contribution in [3.8, 4) is 0 Å². The zero-order chi connectivity index (χ0) is 17.6. The van der Waals surface area contributed by atoms with Crippen LogP contribution in [0.3, 0.4) is 0 Å². The minimum atomic E-state index is -0.182. The van der Waals surface area contributed by atoms with Gasteiger partial charge in [-0.15, -0.1) is 0 Å². The molecule has 2 heterocycles. The van der Waals surface area contributed by atoms with Gasteiger partial charge >= 0.3 is 0 Å². The molecule has 1 saturated heterocycles. The lowest BCUT2D eigenvalue weighted by Crippen LogP contribution is -2.44. The summed E-state index contributed by atoms with van der Waals surface area (Å²) in [5.41, 5.74) is 2.53. The van der Waals surface area contributed by atoms with E-state index in [2.05, 4.69) is 44.5 Å². The maximum atomic E-state index is 12.2. The molecular weight excluding hydrogens is 318 g/mol. The van der Waals surface area contributed by atoms with Crippen LogP contribution < -0.4 is 5.32 Å². The van der Waals surface area contributed by atoms with Crippen LogP contribution in [0.2, 0.25) is 0 Å². The number of carbonyl (C=O) groups excluding carboxylic acids is 1. The Morgan fingerprint density at radius 2 is 2.24 bits per heavy atom. The van der Waals surface area contributed by atoms with Crippen LogP contribution in [-0.4, -0.2) is 58.8 Å². The molecule has 1 aliphatic heterocycles. The monoisotopic (exact) mass is 343 g/mol. The third-order valence-electron chi connectivity index (χ3n) is 4.40. The lowest BCUT2D eigenvalue weighted by Gasteiger charge is -2.30. The molecule has 0 aliphatic carbocycles. The number of aromatic nitrogens is 3. The van der Waals surface area contributed by atoms with Crippen LogP contribution in [0.4, 0.5) is 0 Å². The molecule has 1 aliphatic rings. The number of aryl methyl sites for hydroxylation is 2. The van der Waals surface area contributed by atoms with Crippen molar-refractivity contribution < 1.29 is 9.53 Å². The van der Waals surface area contributed by atoms with Gasteiger partial charge in [0.25, 0.3) is 0 Å². The summed E-state index contributed by atoms with van der Waals surface area (Å²) < 4.78 is 5.72. The SMILES string of the molecule is Cc1nc([C@H]2CN(CC(=O)NCCc3ccccc3C)CCO2)n[nH]1. The summed E-state index contributed by atoms with van der Waals surface area (Å²) in [5, 5.41) is 9.99. The molecule has 0 bridgehead atoms. The fourth-order valence-corrected chi connectivity index (χ4v) is 2.99. The van der Waals surface area contributed by atoms with E-state index in [1.54, 1.807) is 0 Å². The van der Waals surface area contributed by atoms with E-state index in [1.165, 1.54) is 11.1 Å².